The molecule has 0 radical (unpaired) electrons. The molecule has 0 aromatic heterocycles. The molecule has 0 unspecified atom stereocenters. The van der Waals surface area contributed by atoms with Gasteiger partial charge in [0.25, 0.3) is 0 Å². The van der Waals surface area contributed by atoms with Crippen LogP contribution < -0.4 is 5.32 Å². The van der Waals surface area contributed by atoms with Crippen molar-refractivity contribution >= 4 is 6.09 Å². The summed E-state index contributed by atoms with van der Waals surface area (Å²) < 4.78 is 5.37. The van der Waals surface area contributed by atoms with Gasteiger partial charge >= 0.3 is 6.09 Å². The quantitative estimate of drug-likeness (QED) is 0.769. The van der Waals surface area contributed by atoms with Gasteiger partial charge in [-0.3, -0.25) is 0 Å². The molecule has 0 heterocycles. The van der Waals surface area contributed by atoms with Gasteiger partial charge in [0.2, 0.25) is 0 Å². The first kappa shape index (κ1) is 14.6. The molecule has 2 bridgehead atoms. The summed E-state index contributed by atoms with van der Waals surface area (Å²) in [5.41, 5.74) is -1.09. The minimum absolute atomic E-state index is 0.123. The second-order valence-electron chi connectivity index (χ2n) is 7.97. The number of carbonyl (C=O) groups excluding carboxylic acids is 1. The number of rotatable bonds is 1. The first-order valence-electron chi connectivity index (χ1n) is 7.13. The highest BCUT2D eigenvalue weighted by atomic mass is 16.6. The number of alkyl carbamates (subject to hydrolysis) is 1. The van der Waals surface area contributed by atoms with Crippen LogP contribution in [0.2, 0.25) is 0 Å². The number of carbonyl (C=O) groups is 1. The van der Waals surface area contributed by atoms with Crippen molar-refractivity contribution in [2.45, 2.75) is 78.0 Å². The van der Waals surface area contributed by atoms with Crippen LogP contribution in [-0.2, 0) is 4.74 Å². The third kappa shape index (κ3) is 1.95. The molecule has 4 heteroatoms. The minimum atomic E-state index is -0.496. The van der Waals surface area contributed by atoms with Crippen LogP contribution in [0, 0.1) is 10.8 Å². The van der Waals surface area contributed by atoms with E-state index in [9.17, 15) is 9.90 Å². The Balaban J connectivity index is 2.19. The smallest absolute Gasteiger partial charge is 0.408 e. The summed E-state index contributed by atoms with van der Waals surface area (Å²) >= 11 is 0. The van der Waals surface area contributed by atoms with Crippen LogP contribution in [0.1, 0.15) is 60.8 Å². The van der Waals surface area contributed by atoms with Crippen LogP contribution in [0.5, 0.6) is 0 Å². The number of ether oxygens (including phenoxy) is 1. The van der Waals surface area contributed by atoms with Gasteiger partial charge in [0.1, 0.15) is 5.60 Å². The largest absolute Gasteiger partial charge is 0.444 e. The average Bonchev–Trinajstić information content (AvgIpc) is 2.44. The number of aliphatic hydroxyl groups is 1. The van der Waals surface area contributed by atoms with E-state index in [1.807, 2.05) is 20.8 Å². The molecule has 2 aliphatic rings. The Labute approximate surface area is 115 Å². The van der Waals surface area contributed by atoms with Gasteiger partial charge in [0.15, 0.2) is 0 Å². The number of fused-ring (bicyclic) bond motifs is 2. The van der Waals surface area contributed by atoms with E-state index in [-0.39, 0.29) is 28.6 Å². The number of hydrogen-bond donors (Lipinski definition) is 2. The van der Waals surface area contributed by atoms with Crippen LogP contribution in [0.3, 0.4) is 0 Å². The molecular weight excluding hydrogens is 242 g/mol. The fraction of sp³-hybridized carbons (Fsp3) is 0.933. The lowest BCUT2D eigenvalue weighted by Crippen LogP contribution is -2.55. The third-order valence-corrected chi connectivity index (χ3v) is 5.71. The zero-order chi connectivity index (χ0) is 14.7. The van der Waals surface area contributed by atoms with Crippen molar-refractivity contribution in [2.75, 3.05) is 0 Å². The van der Waals surface area contributed by atoms with Crippen LogP contribution in [0.15, 0.2) is 0 Å². The second-order valence-corrected chi connectivity index (χ2v) is 7.97. The highest BCUT2D eigenvalue weighted by Crippen LogP contribution is 2.67. The Hall–Kier alpha value is -0.770. The maximum atomic E-state index is 12.1. The maximum absolute atomic E-state index is 12.1. The van der Waals surface area contributed by atoms with Gasteiger partial charge in [-0.25, -0.2) is 4.79 Å². The predicted molar refractivity (Wildman–Crippen MR) is 73.8 cm³/mol. The van der Waals surface area contributed by atoms with Crippen molar-refractivity contribution in [3.05, 3.63) is 0 Å². The van der Waals surface area contributed by atoms with E-state index in [0.29, 0.717) is 6.42 Å². The Morgan fingerprint density at radius 2 is 1.84 bits per heavy atom. The standard InChI is InChI=1S/C15H27NO3/c1-12(2,3)19-11(18)16-15-8-7-14(6,10(17)9-15)13(15,4)5/h10,17H,7-9H2,1-6H3,(H,16,18)/t10-,14+,15-/m0/s1. The molecule has 3 atom stereocenters. The second kappa shape index (κ2) is 3.87. The summed E-state index contributed by atoms with van der Waals surface area (Å²) in [4.78, 5) is 12.1. The molecule has 2 saturated carbocycles. The van der Waals surface area contributed by atoms with Crippen molar-refractivity contribution in [3.63, 3.8) is 0 Å². The highest BCUT2D eigenvalue weighted by molar-refractivity contribution is 5.69. The van der Waals surface area contributed by atoms with Gasteiger partial charge in [-0.15, -0.1) is 0 Å². The molecule has 0 spiro atoms. The summed E-state index contributed by atoms with van der Waals surface area (Å²) in [5, 5.41) is 13.4. The summed E-state index contributed by atoms with van der Waals surface area (Å²) in [6, 6.07) is 0. The fourth-order valence-electron chi connectivity index (χ4n) is 3.91. The molecule has 110 valence electrons. The van der Waals surface area contributed by atoms with E-state index >= 15 is 0 Å². The normalized spacial score (nSPS) is 40.3. The maximum Gasteiger partial charge on any atom is 0.408 e. The molecule has 4 nitrogen and oxygen atoms in total. The molecule has 0 aromatic rings. The zero-order valence-electron chi connectivity index (χ0n) is 13.0. The van der Waals surface area contributed by atoms with Crippen LogP contribution in [0.4, 0.5) is 4.79 Å². The summed E-state index contributed by atoms with van der Waals surface area (Å²) in [6.07, 6.45) is 1.74. The van der Waals surface area contributed by atoms with Crippen molar-refractivity contribution in [1.82, 2.24) is 5.32 Å². The van der Waals surface area contributed by atoms with E-state index in [4.69, 9.17) is 4.74 Å². The third-order valence-electron chi connectivity index (χ3n) is 5.71. The Morgan fingerprint density at radius 3 is 2.21 bits per heavy atom. The van der Waals surface area contributed by atoms with Crippen molar-refractivity contribution < 1.29 is 14.6 Å². The topological polar surface area (TPSA) is 58.6 Å². The number of amides is 1. The Bertz CT molecular complexity index is 399. The molecule has 1 amide bonds. The number of aliphatic hydroxyl groups excluding tert-OH is 1. The fourth-order valence-corrected chi connectivity index (χ4v) is 3.91. The minimum Gasteiger partial charge on any atom is -0.444 e. The SMILES string of the molecule is CC(C)(C)OC(=O)N[C@@]12CC[C@](C)([C@@H](O)C1)C2(C)C. The lowest BCUT2D eigenvalue weighted by molar-refractivity contribution is 0.0113. The molecule has 0 aromatic carbocycles. The van der Waals surface area contributed by atoms with Crippen molar-refractivity contribution in [3.8, 4) is 0 Å². The summed E-state index contributed by atoms with van der Waals surface area (Å²) in [6.45, 7) is 12.0. The molecule has 2 aliphatic carbocycles. The van der Waals surface area contributed by atoms with Crippen molar-refractivity contribution in [1.29, 1.82) is 0 Å². The van der Waals surface area contributed by atoms with Crippen LogP contribution in [-0.4, -0.2) is 28.4 Å². The van der Waals surface area contributed by atoms with Gasteiger partial charge in [0.05, 0.1) is 11.6 Å². The lowest BCUT2D eigenvalue weighted by Gasteiger charge is -2.41. The van der Waals surface area contributed by atoms with Crippen LogP contribution >= 0.6 is 0 Å². The van der Waals surface area contributed by atoms with Gasteiger partial charge in [-0.05, 0) is 45.4 Å². The molecule has 2 rings (SSSR count). The molecule has 0 saturated heterocycles. The van der Waals surface area contributed by atoms with Crippen LogP contribution in [0.25, 0.3) is 0 Å². The molecule has 0 aliphatic heterocycles. The zero-order valence-corrected chi connectivity index (χ0v) is 13.0. The van der Waals surface area contributed by atoms with Crippen molar-refractivity contribution in [2.24, 2.45) is 10.8 Å². The van der Waals surface area contributed by atoms with E-state index < -0.39 is 5.60 Å². The Kier molecular flexibility index (Phi) is 2.98. The van der Waals surface area contributed by atoms with Gasteiger partial charge in [0, 0.05) is 5.41 Å². The molecule has 19 heavy (non-hydrogen) atoms. The lowest BCUT2D eigenvalue weighted by atomic mass is 9.68. The van der Waals surface area contributed by atoms with Gasteiger partial charge in [-0.2, -0.15) is 0 Å². The average molecular weight is 269 g/mol. The first-order chi connectivity index (χ1) is 8.44. The number of hydrogen-bond acceptors (Lipinski definition) is 3. The van der Waals surface area contributed by atoms with E-state index in [0.717, 1.165) is 12.8 Å². The monoisotopic (exact) mass is 269 g/mol. The first-order valence-corrected chi connectivity index (χ1v) is 7.13. The van der Waals surface area contributed by atoms with Gasteiger partial charge < -0.3 is 15.2 Å². The molecule has 2 fully saturated rings. The highest BCUT2D eigenvalue weighted by Gasteiger charge is 2.70. The summed E-state index contributed by atoms with van der Waals surface area (Å²) in [7, 11) is 0. The summed E-state index contributed by atoms with van der Waals surface area (Å²) in [5.74, 6) is 0. The number of nitrogens with one attached hydrogen (secondary N) is 1. The Morgan fingerprint density at radius 1 is 1.26 bits per heavy atom. The predicted octanol–water partition coefficient (Wildman–Crippen LogP) is 2.84. The molecule has 2 N–H and O–H groups in total. The van der Waals surface area contributed by atoms with E-state index in [1.165, 1.54) is 0 Å². The van der Waals surface area contributed by atoms with E-state index in [1.54, 1.807) is 0 Å². The molecular formula is C15H27NO3. The van der Waals surface area contributed by atoms with Gasteiger partial charge in [-0.1, -0.05) is 20.8 Å². The van der Waals surface area contributed by atoms with E-state index in [2.05, 4.69) is 26.1 Å².